The van der Waals surface area contributed by atoms with Crippen LogP contribution in [0.3, 0.4) is 0 Å². The average Bonchev–Trinajstić information content (AvgIpc) is 2.53. The normalized spacial score (nSPS) is 10.5. The number of esters is 1. The highest BCUT2D eigenvalue weighted by molar-refractivity contribution is 5.87. The summed E-state index contributed by atoms with van der Waals surface area (Å²) in [5, 5.41) is 9.48. The molecule has 0 aliphatic rings. The van der Waals surface area contributed by atoms with E-state index in [4.69, 9.17) is 9.47 Å². The van der Waals surface area contributed by atoms with Crippen LogP contribution in [0.4, 0.5) is 0 Å². The van der Waals surface area contributed by atoms with Crippen molar-refractivity contribution >= 4 is 12.0 Å². The van der Waals surface area contributed by atoms with Gasteiger partial charge < -0.3 is 14.6 Å². The van der Waals surface area contributed by atoms with Gasteiger partial charge in [-0.2, -0.15) is 0 Å². The predicted octanol–water partition coefficient (Wildman–Crippen LogP) is 3.16. The number of ether oxygens (including phenoxy) is 2. The maximum absolute atomic E-state index is 11.6. The van der Waals surface area contributed by atoms with Crippen molar-refractivity contribution in [2.45, 2.75) is 6.61 Å². The van der Waals surface area contributed by atoms with Gasteiger partial charge in [0.05, 0.1) is 7.11 Å². The van der Waals surface area contributed by atoms with Gasteiger partial charge in [-0.25, -0.2) is 4.79 Å². The van der Waals surface area contributed by atoms with Gasteiger partial charge in [0.2, 0.25) is 0 Å². The lowest BCUT2D eigenvalue weighted by Gasteiger charge is -2.06. The highest BCUT2D eigenvalue weighted by atomic mass is 16.5. The number of carbonyl (C=O) groups excluding carboxylic acids is 1. The largest absolute Gasteiger partial charge is 0.504 e. The molecule has 4 heteroatoms. The Morgan fingerprint density at radius 3 is 2.67 bits per heavy atom. The van der Waals surface area contributed by atoms with Crippen LogP contribution in [0, 0.1) is 0 Å². The number of aromatic hydroxyl groups is 1. The monoisotopic (exact) mass is 284 g/mol. The molecular formula is C17H16O4. The summed E-state index contributed by atoms with van der Waals surface area (Å²) in [6.07, 6.45) is 3.08. The molecule has 0 heterocycles. The second-order valence-corrected chi connectivity index (χ2v) is 4.36. The zero-order valence-corrected chi connectivity index (χ0v) is 11.7. The molecule has 1 N–H and O–H groups in total. The van der Waals surface area contributed by atoms with Crippen molar-refractivity contribution in [3.63, 3.8) is 0 Å². The molecule has 0 atom stereocenters. The van der Waals surface area contributed by atoms with E-state index in [0.717, 1.165) is 11.1 Å². The molecule has 2 rings (SSSR count). The van der Waals surface area contributed by atoms with E-state index in [-0.39, 0.29) is 12.4 Å². The van der Waals surface area contributed by atoms with Gasteiger partial charge in [0, 0.05) is 6.08 Å². The second kappa shape index (κ2) is 7.14. The summed E-state index contributed by atoms with van der Waals surface area (Å²) in [6.45, 7) is 0.120. The number of phenols is 1. The van der Waals surface area contributed by atoms with Crippen molar-refractivity contribution in [3.8, 4) is 11.5 Å². The Hall–Kier alpha value is -2.75. The molecule has 0 aliphatic heterocycles. The third-order valence-electron chi connectivity index (χ3n) is 2.84. The fourth-order valence-electron chi connectivity index (χ4n) is 1.74. The Bertz CT molecular complexity index is 632. The maximum atomic E-state index is 11.6. The Balaban J connectivity index is 1.91. The smallest absolute Gasteiger partial charge is 0.331 e. The van der Waals surface area contributed by atoms with E-state index in [1.54, 1.807) is 18.2 Å². The van der Waals surface area contributed by atoms with Gasteiger partial charge in [-0.15, -0.1) is 0 Å². The van der Waals surface area contributed by atoms with E-state index < -0.39 is 5.97 Å². The Morgan fingerprint density at radius 2 is 1.95 bits per heavy atom. The molecule has 0 aliphatic carbocycles. The first-order chi connectivity index (χ1) is 10.2. The molecule has 2 aromatic carbocycles. The predicted molar refractivity (Wildman–Crippen MR) is 79.9 cm³/mol. The summed E-state index contributed by atoms with van der Waals surface area (Å²) in [5.41, 5.74) is 1.67. The van der Waals surface area contributed by atoms with Crippen molar-refractivity contribution in [2.75, 3.05) is 7.11 Å². The summed E-state index contributed by atoms with van der Waals surface area (Å²) < 4.78 is 10.1. The van der Waals surface area contributed by atoms with Crippen LogP contribution in [0.25, 0.3) is 6.08 Å². The summed E-state index contributed by atoms with van der Waals surface area (Å²) >= 11 is 0. The van der Waals surface area contributed by atoms with Crippen LogP contribution in [0.1, 0.15) is 11.1 Å². The van der Waals surface area contributed by atoms with Crippen LogP contribution < -0.4 is 4.74 Å². The van der Waals surface area contributed by atoms with Crippen molar-refractivity contribution in [2.24, 2.45) is 0 Å². The van der Waals surface area contributed by atoms with Crippen LogP contribution in [0.2, 0.25) is 0 Å². The van der Waals surface area contributed by atoms with Gasteiger partial charge in [0.25, 0.3) is 0 Å². The first-order valence-electron chi connectivity index (χ1n) is 6.45. The van der Waals surface area contributed by atoms with Crippen LogP contribution in [-0.2, 0) is 16.1 Å². The molecule has 0 spiro atoms. The van der Waals surface area contributed by atoms with Crippen molar-refractivity contribution in [3.05, 3.63) is 65.7 Å². The summed E-state index contributed by atoms with van der Waals surface area (Å²) in [4.78, 5) is 11.6. The molecular weight excluding hydrogens is 268 g/mol. The lowest BCUT2D eigenvalue weighted by Crippen LogP contribution is -2.01. The molecule has 0 unspecified atom stereocenters. The number of benzene rings is 2. The van der Waals surface area contributed by atoms with E-state index in [2.05, 4.69) is 0 Å². The van der Waals surface area contributed by atoms with Crippen molar-refractivity contribution in [1.82, 2.24) is 0 Å². The molecule has 21 heavy (non-hydrogen) atoms. The second-order valence-electron chi connectivity index (χ2n) is 4.36. The highest BCUT2D eigenvalue weighted by Gasteiger charge is 2.04. The highest BCUT2D eigenvalue weighted by Crippen LogP contribution is 2.26. The van der Waals surface area contributed by atoms with Gasteiger partial charge in [-0.3, -0.25) is 0 Å². The average molecular weight is 284 g/mol. The molecule has 4 nitrogen and oxygen atoms in total. The molecule has 0 amide bonds. The number of phenolic OH excluding ortho intramolecular Hbond substituents is 1. The van der Waals surface area contributed by atoms with Crippen LogP contribution in [0.5, 0.6) is 11.5 Å². The number of carbonyl (C=O) groups is 1. The fraction of sp³-hybridized carbons (Fsp3) is 0.118. The van der Waals surface area contributed by atoms with Crippen molar-refractivity contribution < 1.29 is 19.4 Å². The minimum absolute atomic E-state index is 0.0524. The summed E-state index contributed by atoms with van der Waals surface area (Å²) in [6, 6.07) is 14.3. The molecule has 2 aromatic rings. The Morgan fingerprint density at radius 1 is 1.19 bits per heavy atom. The lowest BCUT2D eigenvalue weighted by molar-refractivity contribution is -0.138. The molecule has 0 fully saturated rings. The molecule has 0 radical (unpaired) electrons. The molecule has 0 saturated heterocycles. The van der Waals surface area contributed by atoms with E-state index in [1.165, 1.54) is 19.3 Å². The Kier molecular flexibility index (Phi) is 4.99. The Labute approximate surface area is 123 Å². The van der Waals surface area contributed by atoms with Gasteiger partial charge in [0.1, 0.15) is 6.61 Å². The zero-order valence-electron chi connectivity index (χ0n) is 11.7. The first-order valence-corrected chi connectivity index (χ1v) is 6.45. The number of methoxy groups -OCH3 is 1. The number of rotatable bonds is 5. The number of hydrogen-bond donors (Lipinski definition) is 1. The van der Waals surface area contributed by atoms with E-state index >= 15 is 0 Å². The summed E-state index contributed by atoms with van der Waals surface area (Å²) in [7, 11) is 1.47. The van der Waals surface area contributed by atoms with Crippen molar-refractivity contribution in [1.29, 1.82) is 0 Å². The third kappa shape index (κ3) is 4.38. The number of hydrogen-bond acceptors (Lipinski definition) is 4. The van der Waals surface area contributed by atoms with Crippen LogP contribution in [-0.4, -0.2) is 18.2 Å². The third-order valence-corrected chi connectivity index (χ3v) is 2.84. The minimum atomic E-state index is -0.425. The quantitative estimate of drug-likeness (QED) is 0.677. The summed E-state index contributed by atoms with van der Waals surface area (Å²) in [5.74, 6) is -0.0224. The topological polar surface area (TPSA) is 55.8 Å². The van der Waals surface area contributed by atoms with Gasteiger partial charge >= 0.3 is 5.97 Å². The molecule has 0 saturated carbocycles. The van der Waals surface area contributed by atoms with E-state index in [9.17, 15) is 9.90 Å². The van der Waals surface area contributed by atoms with Gasteiger partial charge in [0.15, 0.2) is 11.5 Å². The molecule has 0 bridgehead atoms. The first kappa shape index (κ1) is 14.7. The van der Waals surface area contributed by atoms with Gasteiger partial charge in [-0.05, 0) is 29.3 Å². The fourth-order valence-corrected chi connectivity index (χ4v) is 1.74. The maximum Gasteiger partial charge on any atom is 0.331 e. The van der Waals surface area contributed by atoms with Crippen LogP contribution in [0.15, 0.2) is 54.6 Å². The van der Waals surface area contributed by atoms with E-state index in [1.807, 2.05) is 30.3 Å². The SMILES string of the molecule is COc1cc(COC(=O)C=Cc2ccccc2)ccc1O. The minimum Gasteiger partial charge on any atom is -0.504 e. The molecule has 108 valence electrons. The van der Waals surface area contributed by atoms with Gasteiger partial charge in [-0.1, -0.05) is 36.4 Å². The van der Waals surface area contributed by atoms with Crippen LogP contribution >= 0.6 is 0 Å². The molecule has 0 aromatic heterocycles. The zero-order chi connectivity index (χ0) is 15.1. The lowest BCUT2D eigenvalue weighted by atomic mass is 10.2. The van der Waals surface area contributed by atoms with E-state index in [0.29, 0.717) is 5.75 Å². The standard InChI is InChI=1S/C17H16O4/c1-20-16-11-14(7-9-15(16)18)12-21-17(19)10-8-13-5-3-2-4-6-13/h2-11,18H,12H2,1H3.